The van der Waals surface area contributed by atoms with Crippen LogP contribution in [0.4, 0.5) is 0 Å². The van der Waals surface area contributed by atoms with E-state index >= 15 is 0 Å². The predicted octanol–water partition coefficient (Wildman–Crippen LogP) is 3.22. The van der Waals surface area contributed by atoms with Gasteiger partial charge < -0.3 is 15.0 Å². The van der Waals surface area contributed by atoms with E-state index in [1.807, 2.05) is 0 Å². The molecule has 1 aliphatic heterocycles. The quantitative estimate of drug-likeness (QED) is 0.807. The van der Waals surface area contributed by atoms with Crippen LogP contribution in [0.1, 0.15) is 44.7 Å². The molecule has 0 spiro atoms. The summed E-state index contributed by atoms with van der Waals surface area (Å²) in [5, 5.41) is 3.72. The Morgan fingerprint density at radius 2 is 2.10 bits per heavy atom. The third-order valence-corrected chi connectivity index (χ3v) is 4.21. The largest absolute Gasteiger partial charge is 0.487 e. The van der Waals surface area contributed by atoms with Crippen LogP contribution in [0.15, 0.2) is 24.3 Å². The molecular formula is C17H28N2O. The second-order valence-electron chi connectivity index (χ2n) is 6.31. The van der Waals surface area contributed by atoms with Crippen LogP contribution >= 0.6 is 0 Å². The zero-order valence-corrected chi connectivity index (χ0v) is 13.3. The standard InChI is InChI=1S/C17H28N2O/c1-5-17(2)13-15(18-11-8-12-19(3)4)14-9-6-7-10-16(14)20-17/h6-7,9-10,15,18H,5,8,11-13H2,1-4H3. The first kappa shape index (κ1) is 15.3. The third-order valence-electron chi connectivity index (χ3n) is 4.21. The van der Waals surface area contributed by atoms with Crippen molar-refractivity contribution in [1.29, 1.82) is 0 Å². The van der Waals surface area contributed by atoms with E-state index in [0.717, 1.165) is 31.7 Å². The van der Waals surface area contributed by atoms with Gasteiger partial charge in [-0.25, -0.2) is 0 Å². The van der Waals surface area contributed by atoms with Crippen molar-refractivity contribution < 1.29 is 4.74 Å². The molecule has 2 unspecified atom stereocenters. The Kier molecular flexibility index (Phi) is 5.06. The Bertz CT molecular complexity index is 433. The highest BCUT2D eigenvalue weighted by Crippen LogP contribution is 2.40. The summed E-state index contributed by atoms with van der Waals surface area (Å²) in [6.45, 7) is 6.61. The van der Waals surface area contributed by atoms with Crippen molar-refractivity contribution in [3.05, 3.63) is 29.8 Å². The SMILES string of the molecule is CCC1(C)CC(NCCCN(C)C)c2ccccc2O1. The van der Waals surface area contributed by atoms with Gasteiger partial charge in [-0.1, -0.05) is 25.1 Å². The minimum atomic E-state index is -0.0480. The van der Waals surface area contributed by atoms with Crippen LogP contribution in [0.25, 0.3) is 0 Å². The van der Waals surface area contributed by atoms with Gasteiger partial charge in [-0.2, -0.15) is 0 Å². The van der Waals surface area contributed by atoms with Gasteiger partial charge in [-0.15, -0.1) is 0 Å². The zero-order valence-electron chi connectivity index (χ0n) is 13.3. The lowest BCUT2D eigenvalue weighted by Gasteiger charge is -2.40. The van der Waals surface area contributed by atoms with Crippen molar-refractivity contribution in [1.82, 2.24) is 10.2 Å². The Balaban J connectivity index is 2.03. The van der Waals surface area contributed by atoms with Gasteiger partial charge >= 0.3 is 0 Å². The number of hydrogen-bond acceptors (Lipinski definition) is 3. The van der Waals surface area contributed by atoms with Crippen LogP contribution in [0.5, 0.6) is 5.75 Å². The molecule has 1 aromatic rings. The van der Waals surface area contributed by atoms with Crippen LogP contribution in [0.3, 0.4) is 0 Å². The predicted molar refractivity (Wildman–Crippen MR) is 84.3 cm³/mol. The van der Waals surface area contributed by atoms with Gasteiger partial charge in [0.2, 0.25) is 0 Å². The van der Waals surface area contributed by atoms with Gasteiger partial charge in [-0.05, 0) is 53.0 Å². The van der Waals surface area contributed by atoms with Crippen LogP contribution in [-0.4, -0.2) is 37.7 Å². The molecule has 0 fully saturated rings. The molecule has 0 radical (unpaired) electrons. The molecular weight excluding hydrogens is 248 g/mol. The maximum Gasteiger partial charge on any atom is 0.124 e. The normalized spacial score (nSPS) is 25.4. The first-order valence-electron chi connectivity index (χ1n) is 7.70. The van der Waals surface area contributed by atoms with Gasteiger partial charge in [-0.3, -0.25) is 0 Å². The van der Waals surface area contributed by atoms with Crippen molar-refractivity contribution >= 4 is 0 Å². The van der Waals surface area contributed by atoms with E-state index in [1.165, 1.54) is 12.0 Å². The highest BCUT2D eigenvalue weighted by atomic mass is 16.5. The fourth-order valence-electron chi connectivity index (χ4n) is 2.78. The summed E-state index contributed by atoms with van der Waals surface area (Å²) in [7, 11) is 4.25. The highest BCUT2D eigenvalue weighted by molar-refractivity contribution is 5.38. The molecule has 0 aromatic heterocycles. The molecule has 1 N–H and O–H groups in total. The lowest BCUT2D eigenvalue weighted by Crippen LogP contribution is -2.41. The molecule has 20 heavy (non-hydrogen) atoms. The summed E-state index contributed by atoms with van der Waals surface area (Å²) in [6.07, 6.45) is 3.26. The molecule has 0 saturated heterocycles. The first-order chi connectivity index (χ1) is 9.54. The van der Waals surface area contributed by atoms with E-state index in [-0.39, 0.29) is 5.60 Å². The van der Waals surface area contributed by atoms with Crippen molar-refractivity contribution in [3.63, 3.8) is 0 Å². The maximum atomic E-state index is 6.20. The summed E-state index contributed by atoms with van der Waals surface area (Å²) < 4.78 is 6.20. The molecule has 0 bridgehead atoms. The number of hydrogen-bond donors (Lipinski definition) is 1. The molecule has 0 saturated carbocycles. The second kappa shape index (κ2) is 6.59. The number of nitrogens with one attached hydrogen (secondary N) is 1. The summed E-state index contributed by atoms with van der Waals surface area (Å²) in [5.74, 6) is 1.05. The number of fused-ring (bicyclic) bond motifs is 1. The Morgan fingerprint density at radius 1 is 1.35 bits per heavy atom. The summed E-state index contributed by atoms with van der Waals surface area (Å²) >= 11 is 0. The van der Waals surface area contributed by atoms with Crippen LogP contribution in [-0.2, 0) is 0 Å². The van der Waals surface area contributed by atoms with E-state index in [2.05, 4.69) is 62.4 Å². The highest BCUT2D eigenvalue weighted by Gasteiger charge is 2.35. The van der Waals surface area contributed by atoms with Gasteiger partial charge in [0.1, 0.15) is 11.4 Å². The van der Waals surface area contributed by atoms with E-state index in [1.54, 1.807) is 0 Å². The summed E-state index contributed by atoms with van der Waals surface area (Å²) in [5.41, 5.74) is 1.26. The molecule has 3 heteroatoms. The van der Waals surface area contributed by atoms with Gasteiger partial charge in [0, 0.05) is 18.0 Å². The van der Waals surface area contributed by atoms with Gasteiger partial charge in [0.25, 0.3) is 0 Å². The lowest BCUT2D eigenvalue weighted by atomic mass is 9.86. The van der Waals surface area contributed by atoms with E-state index < -0.39 is 0 Å². The summed E-state index contributed by atoms with van der Waals surface area (Å²) in [6, 6.07) is 8.85. The molecule has 0 aliphatic carbocycles. The van der Waals surface area contributed by atoms with E-state index in [0.29, 0.717) is 6.04 Å². The minimum absolute atomic E-state index is 0.0480. The van der Waals surface area contributed by atoms with E-state index in [4.69, 9.17) is 4.74 Å². The number of nitrogens with zero attached hydrogens (tertiary/aromatic N) is 1. The molecule has 0 amide bonds. The molecule has 1 aromatic carbocycles. The van der Waals surface area contributed by atoms with Crippen molar-refractivity contribution in [3.8, 4) is 5.75 Å². The van der Waals surface area contributed by atoms with Crippen molar-refractivity contribution in [2.75, 3.05) is 27.2 Å². The number of benzene rings is 1. The smallest absolute Gasteiger partial charge is 0.124 e. The number of para-hydroxylation sites is 1. The van der Waals surface area contributed by atoms with Crippen molar-refractivity contribution in [2.45, 2.75) is 44.8 Å². The minimum Gasteiger partial charge on any atom is -0.487 e. The zero-order chi connectivity index (χ0) is 14.6. The Hall–Kier alpha value is -1.06. The number of ether oxygens (including phenoxy) is 1. The van der Waals surface area contributed by atoms with E-state index in [9.17, 15) is 0 Å². The topological polar surface area (TPSA) is 24.5 Å². The average molecular weight is 276 g/mol. The second-order valence-corrected chi connectivity index (χ2v) is 6.31. The fraction of sp³-hybridized carbons (Fsp3) is 0.647. The maximum absolute atomic E-state index is 6.20. The Morgan fingerprint density at radius 3 is 2.80 bits per heavy atom. The Labute approximate surface area is 123 Å². The molecule has 112 valence electrons. The molecule has 3 nitrogen and oxygen atoms in total. The molecule has 2 atom stereocenters. The lowest BCUT2D eigenvalue weighted by molar-refractivity contribution is 0.0442. The van der Waals surface area contributed by atoms with Crippen LogP contribution in [0, 0.1) is 0 Å². The van der Waals surface area contributed by atoms with Crippen LogP contribution in [0.2, 0.25) is 0 Å². The monoisotopic (exact) mass is 276 g/mol. The van der Waals surface area contributed by atoms with Gasteiger partial charge in [0.15, 0.2) is 0 Å². The molecule has 1 aliphatic rings. The molecule has 2 rings (SSSR count). The number of rotatable bonds is 6. The fourth-order valence-corrected chi connectivity index (χ4v) is 2.78. The first-order valence-corrected chi connectivity index (χ1v) is 7.70. The average Bonchev–Trinajstić information content (AvgIpc) is 2.43. The third kappa shape index (κ3) is 3.74. The summed E-state index contributed by atoms with van der Waals surface area (Å²) in [4.78, 5) is 2.23. The van der Waals surface area contributed by atoms with Crippen molar-refractivity contribution in [2.24, 2.45) is 0 Å². The van der Waals surface area contributed by atoms with Gasteiger partial charge in [0.05, 0.1) is 0 Å². The van der Waals surface area contributed by atoms with Crippen LogP contribution < -0.4 is 10.1 Å². The molecule has 1 heterocycles.